The minimum absolute atomic E-state index is 0.0414. The lowest BCUT2D eigenvalue weighted by Crippen LogP contribution is -2.14. The zero-order valence-corrected chi connectivity index (χ0v) is 25.9. The largest absolute Gasteiger partial charge is 0.507 e. The Morgan fingerprint density at radius 3 is 1.24 bits per heavy atom. The number of phenolic OH excluding ortho intramolecular Hbond substituents is 4. The predicted octanol–water partition coefficient (Wildman–Crippen LogP) is 7.13. The summed E-state index contributed by atoms with van der Waals surface area (Å²) in [6, 6.07) is 0. The van der Waals surface area contributed by atoms with Crippen LogP contribution in [0.5, 0.6) is 34.5 Å². The molecule has 0 aliphatic heterocycles. The number of aromatic hydroxyl groups is 4. The van der Waals surface area contributed by atoms with Gasteiger partial charge in [0, 0.05) is 28.2 Å². The molecular formula is C33H44O8. The van der Waals surface area contributed by atoms with Gasteiger partial charge in [0.1, 0.15) is 45.6 Å². The number of ketones is 2. The number of carbonyl (C=O) groups excluding carboxylic acids is 2. The van der Waals surface area contributed by atoms with Gasteiger partial charge in [-0.15, -0.1) is 0 Å². The van der Waals surface area contributed by atoms with Gasteiger partial charge in [0.25, 0.3) is 0 Å². The summed E-state index contributed by atoms with van der Waals surface area (Å²) in [4.78, 5) is 25.7. The van der Waals surface area contributed by atoms with E-state index in [1.165, 1.54) is 28.1 Å². The van der Waals surface area contributed by atoms with Gasteiger partial charge in [-0.3, -0.25) is 9.59 Å². The first-order chi connectivity index (χ1) is 19.1. The van der Waals surface area contributed by atoms with Crippen molar-refractivity contribution < 1.29 is 39.5 Å². The molecule has 8 nitrogen and oxygen atoms in total. The minimum atomic E-state index is -1.01. The van der Waals surface area contributed by atoms with Crippen LogP contribution < -0.4 is 9.47 Å². The van der Waals surface area contributed by atoms with Crippen LogP contribution in [-0.2, 0) is 12.8 Å². The average molecular weight is 569 g/mol. The predicted molar refractivity (Wildman–Crippen MR) is 160 cm³/mol. The number of carbonyl (C=O) groups is 2. The molecule has 224 valence electrons. The van der Waals surface area contributed by atoms with Crippen molar-refractivity contribution in [1.29, 1.82) is 0 Å². The van der Waals surface area contributed by atoms with Gasteiger partial charge in [-0.05, 0) is 66.7 Å². The van der Waals surface area contributed by atoms with Crippen molar-refractivity contribution in [3.05, 3.63) is 56.7 Å². The van der Waals surface area contributed by atoms with Crippen molar-refractivity contribution in [3.63, 3.8) is 0 Å². The van der Waals surface area contributed by atoms with Crippen molar-refractivity contribution in [3.8, 4) is 34.5 Å². The standard InChI is InChI=1S/C33H44O8/c1-16(2)11-13-21-28(36)26(30(38)24(19(7)34)32(21)40-9)23(15-18(5)6)27-29(37)22(14-12-17(3)4)33(41-10)25(20(8)35)31(27)39/h11-12,18,23,36-39H,13-15H2,1-10H3. The number of benzene rings is 2. The highest BCUT2D eigenvalue weighted by molar-refractivity contribution is 6.02. The van der Waals surface area contributed by atoms with E-state index in [-0.39, 0.29) is 81.6 Å². The molecule has 4 N–H and O–H groups in total. The first-order valence-electron chi connectivity index (χ1n) is 13.7. The van der Waals surface area contributed by atoms with Crippen molar-refractivity contribution in [2.24, 2.45) is 5.92 Å². The van der Waals surface area contributed by atoms with E-state index in [9.17, 15) is 30.0 Å². The molecule has 0 aromatic heterocycles. The summed E-state index contributed by atoms with van der Waals surface area (Å²) < 4.78 is 11.0. The average Bonchev–Trinajstić information content (AvgIpc) is 2.85. The molecule has 0 radical (unpaired) electrons. The van der Waals surface area contributed by atoms with Gasteiger partial charge in [-0.25, -0.2) is 0 Å². The van der Waals surface area contributed by atoms with Gasteiger partial charge in [-0.1, -0.05) is 37.1 Å². The van der Waals surface area contributed by atoms with E-state index in [0.717, 1.165) is 11.1 Å². The molecular weight excluding hydrogens is 524 g/mol. The summed E-state index contributed by atoms with van der Waals surface area (Å²) in [5.74, 6) is -3.62. The SMILES string of the molecule is COc1c(CC=C(C)C)c(O)c(C(CC(C)C)c2c(O)c(CC=C(C)C)c(OC)c(C(C)=O)c2O)c(O)c1C(C)=O. The molecule has 0 heterocycles. The molecule has 8 heteroatoms. The molecule has 0 saturated heterocycles. The molecule has 41 heavy (non-hydrogen) atoms. The highest BCUT2D eigenvalue weighted by Crippen LogP contribution is 2.55. The van der Waals surface area contributed by atoms with Gasteiger partial charge < -0.3 is 29.9 Å². The zero-order valence-electron chi connectivity index (χ0n) is 25.9. The second-order valence-electron chi connectivity index (χ2n) is 11.3. The van der Waals surface area contributed by atoms with Gasteiger partial charge >= 0.3 is 0 Å². The maximum atomic E-state index is 12.8. The maximum absolute atomic E-state index is 12.8. The van der Waals surface area contributed by atoms with Crippen LogP contribution in [0.1, 0.15) is 111 Å². The van der Waals surface area contributed by atoms with E-state index in [4.69, 9.17) is 9.47 Å². The molecule has 0 spiro atoms. The fourth-order valence-electron chi connectivity index (χ4n) is 5.16. The smallest absolute Gasteiger partial charge is 0.167 e. The van der Waals surface area contributed by atoms with E-state index >= 15 is 0 Å². The van der Waals surface area contributed by atoms with E-state index in [1.54, 1.807) is 0 Å². The van der Waals surface area contributed by atoms with Crippen LogP contribution >= 0.6 is 0 Å². The van der Waals surface area contributed by atoms with E-state index in [1.807, 2.05) is 53.7 Å². The Labute approximate surface area is 243 Å². The Balaban J connectivity index is 3.22. The summed E-state index contributed by atoms with van der Waals surface area (Å²) in [6.07, 6.45) is 4.34. The number of Topliss-reactive ketones (excluding diaryl/α,β-unsaturated/α-hetero) is 2. The summed E-state index contributed by atoms with van der Waals surface area (Å²) in [5, 5.41) is 46.5. The van der Waals surface area contributed by atoms with Crippen molar-refractivity contribution in [1.82, 2.24) is 0 Å². The molecule has 2 rings (SSSR count). The van der Waals surface area contributed by atoms with Crippen molar-refractivity contribution in [2.45, 2.75) is 80.6 Å². The summed E-state index contributed by atoms with van der Waals surface area (Å²) in [5.41, 5.74) is 2.18. The number of phenols is 4. The lowest BCUT2D eigenvalue weighted by atomic mass is 9.78. The molecule has 0 saturated carbocycles. The number of hydrogen-bond acceptors (Lipinski definition) is 8. The van der Waals surface area contributed by atoms with Crippen molar-refractivity contribution in [2.75, 3.05) is 14.2 Å². The summed E-state index contributed by atoms with van der Waals surface area (Å²) in [6.45, 7) is 14.0. The third-order valence-corrected chi connectivity index (χ3v) is 7.01. The lowest BCUT2D eigenvalue weighted by molar-refractivity contribution is 0.0998. The number of allylic oxidation sites excluding steroid dienone is 4. The Morgan fingerprint density at radius 1 is 0.659 bits per heavy atom. The monoisotopic (exact) mass is 568 g/mol. The normalized spacial score (nSPS) is 11.0. The van der Waals surface area contributed by atoms with E-state index < -0.39 is 29.0 Å². The topological polar surface area (TPSA) is 134 Å². The highest BCUT2D eigenvalue weighted by Gasteiger charge is 2.37. The number of hydrogen-bond donors (Lipinski definition) is 4. The summed E-state index contributed by atoms with van der Waals surface area (Å²) in [7, 11) is 2.71. The second kappa shape index (κ2) is 13.6. The van der Waals surface area contributed by atoms with Crippen LogP contribution in [0.15, 0.2) is 23.3 Å². The zero-order chi connectivity index (χ0) is 31.3. The lowest BCUT2D eigenvalue weighted by Gasteiger charge is -2.29. The Kier molecular flexibility index (Phi) is 11.0. The third-order valence-electron chi connectivity index (χ3n) is 7.01. The van der Waals surface area contributed by atoms with Gasteiger partial charge in [0.05, 0.1) is 14.2 Å². The van der Waals surface area contributed by atoms with Gasteiger partial charge in [-0.2, -0.15) is 0 Å². The molecule has 0 aliphatic rings. The van der Waals surface area contributed by atoms with Crippen LogP contribution in [0.3, 0.4) is 0 Å². The maximum Gasteiger partial charge on any atom is 0.167 e. The molecule has 0 aliphatic carbocycles. The van der Waals surface area contributed by atoms with Crippen molar-refractivity contribution >= 4 is 11.6 Å². The molecule has 0 atom stereocenters. The summed E-state index contributed by atoms with van der Waals surface area (Å²) >= 11 is 0. The van der Waals surface area contributed by atoms with Crippen LogP contribution in [0.25, 0.3) is 0 Å². The second-order valence-corrected chi connectivity index (χ2v) is 11.3. The molecule has 2 aromatic rings. The highest BCUT2D eigenvalue weighted by atomic mass is 16.5. The first-order valence-corrected chi connectivity index (χ1v) is 13.7. The van der Waals surface area contributed by atoms with Gasteiger partial charge in [0.15, 0.2) is 11.6 Å². The van der Waals surface area contributed by atoms with Crippen LogP contribution in [0.2, 0.25) is 0 Å². The fourth-order valence-corrected chi connectivity index (χ4v) is 5.16. The Bertz CT molecular complexity index is 1290. The molecule has 2 aromatic carbocycles. The van der Waals surface area contributed by atoms with E-state index in [2.05, 4.69) is 0 Å². The van der Waals surface area contributed by atoms with Crippen LogP contribution in [-0.4, -0.2) is 46.2 Å². The van der Waals surface area contributed by atoms with Gasteiger partial charge in [0.2, 0.25) is 0 Å². The number of methoxy groups -OCH3 is 2. The molecule has 0 amide bonds. The first kappa shape index (κ1) is 33.3. The van der Waals surface area contributed by atoms with Crippen LogP contribution in [0, 0.1) is 5.92 Å². The molecule has 0 fully saturated rings. The Morgan fingerprint density at radius 2 is 1.00 bits per heavy atom. The fraction of sp³-hybridized carbons (Fsp3) is 0.455. The van der Waals surface area contributed by atoms with E-state index in [0.29, 0.717) is 0 Å². The third kappa shape index (κ3) is 6.87. The minimum Gasteiger partial charge on any atom is -0.507 e. The molecule has 0 bridgehead atoms. The molecule has 0 unspecified atom stereocenters. The van der Waals surface area contributed by atoms with Crippen LogP contribution in [0.4, 0.5) is 0 Å². The number of ether oxygens (including phenoxy) is 2. The quantitative estimate of drug-likeness (QED) is 0.157. The number of rotatable bonds is 12. The Hall–Kier alpha value is -3.94.